The van der Waals surface area contributed by atoms with Crippen LogP contribution in [0.15, 0.2) is 29.3 Å². The van der Waals surface area contributed by atoms with Crippen LogP contribution in [0.3, 0.4) is 0 Å². The van der Waals surface area contributed by atoms with Gasteiger partial charge in [-0.05, 0) is 92.0 Å². The number of carboxylic acid groups (broad SMARTS) is 1. The SMILES string of the molecule is CC(=O)Nc1nc(CCc2ccc(N=C(NC(=O)OC(C)(C)C)NC(=O)OC(C)(C)C)cc2)c(CN2CC[C@H](C(=O)O)C2C)s1. The molecule has 1 aliphatic rings. The van der Waals surface area contributed by atoms with Gasteiger partial charge >= 0.3 is 18.2 Å². The number of aromatic nitrogens is 1. The van der Waals surface area contributed by atoms with Gasteiger partial charge in [-0.1, -0.05) is 12.1 Å². The fraction of sp³-hybridized carbons (Fsp3) is 0.548. The lowest BCUT2D eigenvalue weighted by Crippen LogP contribution is -2.47. The number of rotatable bonds is 8. The first-order valence-corrected chi connectivity index (χ1v) is 15.6. The Morgan fingerprint density at radius 3 is 2.07 bits per heavy atom. The number of guanidine groups is 1. The van der Waals surface area contributed by atoms with Crippen LogP contribution in [0.5, 0.6) is 0 Å². The number of thiazole rings is 1. The van der Waals surface area contributed by atoms with Gasteiger partial charge in [0.15, 0.2) is 5.13 Å². The maximum atomic E-state index is 12.4. The zero-order valence-corrected chi connectivity index (χ0v) is 28.0. The molecule has 0 bridgehead atoms. The molecule has 0 saturated carbocycles. The number of benzene rings is 1. The number of nitrogens with one attached hydrogen (secondary N) is 3. The third-order valence-corrected chi connectivity index (χ3v) is 7.67. The number of ether oxygens (including phenoxy) is 2. The number of carbonyl (C=O) groups excluding carboxylic acids is 3. The van der Waals surface area contributed by atoms with Gasteiger partial charge in [0.2, 0.25) is 11.9 Å². The van der Waals surface area contributed by atoms with Crippen LogP contribution in [-0.4, -0.2) is 68.8 Å². The summed E-state index contributed by atoms with van der Waals surface area (Å²) in [5.41, 5.74) is 0.810. The summed E-state index contributed by atoms with van der Waals surface area (Å²) in [6.45, 7) is 14.9. The molecule has 4 N–H and O–H groups in total. The van der Waals surface area contributed by atoms with Crippen molar-refractivity contribution in [3.05, 3.63) is 40.4 Å². The molecule has 246 valence electrons. The molecule has 2 heterocycles. The minimum Gasteiger partial charge on any atom is -0.481 e. The number of aliphatic carboxylic acids is 1. The summed E-state index contributed by atoms with van der Waals surface area (Å²) in [6, 6.07) is 7.18. The fourth-order valence-electron chi connectivity index (χ4n) is 4.66. The second-order valence-electron chi connectivity index (χ2n) is 12.9. The van der Waals surface area contributed by atoms with Crippen molar-refractivity contribution in [2.24, 2.45) is 10.9 Å². The third kappa shape index (κ3) is 11.8. The zero-order valence-electron chi connectivity index (χ0n) is 27.1. The van der Waals surface area contributed by atoms with Gasteiger partial charge in [-0.2, -0.15) is 0 Å². The Balaban J connectivity index is 1.74. The second-order valence-corrected chi connectivity index (χ2v) is 14.0. The molecule has 1 aliphatic heterocycles. The van der Waals surface area contributed by atoms with Crippen LogP contribution in [0.4, 0.5) is 20.4 Å². The number of likely N-dealkylation sites (tertiary alicyclic amines) is 1. The van der Waals surface area contributed by atoms with E-state index in [1.54, 1.807) is 53.7 Å². The number of aliphatic imine (C=N–C) groups is 1. The van der Waals surface area contributed by atoms with Gasteiger partial charge in [0.25, 0.3) is 0 Å². The van der Waals surface area contributed by atoms with E-state index in [9.17, 15) is 24.3 Å². The van der Waals surface area contributed by atoms with Crippen LogP contribution in [0.2, 0.25) is 0 Å². The molecule has 0 radical (unpaired) electrons. The molecule has 14 heteroatoms. The molecule has 1 unspecified atom stereocenters. The van der Waals surface area contributed by atoms with Gasteiger partial charge in [-0.25, -0.2) is 19.6 Å². The van der Waals surface area contributed by atoms with Gasteiger partial charge in [-0.15, -0.1) is 11.3 Å². The lowest BCUT2D eigenvalue weighted by molar-refractivity contribution is -0.142. The average molecular weight is 645 g/mol. The van der Waals surface area contributed by atoms with E-state index in [1.165, 1.54) is 18.3 Å². The van der Waals surface area contributed by atoms with Gasteiger partial charge < -0.3 is 19.9 Å². The number of amides is 3. The van der Waals surface area contributed by atoms with E-state index in [2.05, 4.69) is 30.8 Å². The zero-order chi connectivity index (χ0) is 33.5. The van der Waals surface area contributed by atoms with Gasteiger partial charge in [-0.3, -0.25) is 25.1 Å². The van der Waals surface area contributed by atoms with Crippen LogP contribution in [0.1, 0.15) is 77.9 Å². The second kappa shape index (κ2) is 14.8. The summed E-state index contributed by atoms with van der Waals surface area (Å²) < 4.78 is 10.6. The van der Waals surface area contributed by atoms with Crippen molar-refractivity contribution in [3.8, 4) is 0 Å². The van der Waals surface area contributed by atoms with Gasteiger partial charge in [0, 0.05) is 24.4 Å². The Kier molecular flexibility index (Phi) is 11.7. The number of carboxylic acids is 1. The van der Waals surface area contributed by atoms with E-state index in [0.717, 1.165) is 16.1 Å². The Bertz CT molecular complexity index is 1380. The van der Waals surface area contributed by atoms with E-state index in [1.807, 2.05) is 19.1 Å². The van der Waals surface area contributed by atoms with E-state index in [4.69, 9.17) is 9.47 Å². The molecule has 3 amide bonds. The van der Waals surface area contributed by atoms with Crippen LogP contribution >= 0.6 is 11.3 Å². The average Bonchev–Trinajstić information content (AvgIpc) is 3.43. The van der Waals surface area contributed by atoms with E-state index in [-0.39, 0.29) is 17.9 Å². The van der Waals surface area contributed by atoms with Crippen LogP contribution in [-0.2, 0) is 38.4 Å². The quantitative estimate of drug-likeness (QED) is 0.222. The molecule has 1 aromatic carbocycles. The van der Waals surface area contributed by atoms with Crippen LogP contribution in [0, 0.1) is 5.92 Å². The highest BCUT2D eigenvalue weighted by Crippen LogP contribution is 2.31. The molecule has 1 saturated heterocycles. The minimum absolute atomic E-state index is 0.103. The van der Waals surface area contributed by atoms with Crippen LogP contribution < -0.4 is 16.0 Å². The van der Waals surface area contributed by atoms with Crippen molar-refractivity contribution in [2.75, 3.05) is 11.9 Å². The Hall–Kier alpha value is -4.04. The largest absolute Gasteiger partial charge is 0.481 e. The highest BCUT2D eigenvalue weighted by molar-refractivity contribution is 7.15. The maximum absolute atomic E-state index is 12.4. The number of alkyl carbamates (subject to hydrolysis) is 2. The number of hydrogen-bond donors (Lipinski definition) is 4. The molecule has 0 spiro atoms. The van der Waals surface area contributed by atoms with Gasteiger partial charge in [0.1, 0.15) is 11.2 Å². The van der Waals surface area contributed by atoms with Crippen molar-refractivity contribution in [3.63, 3.8) is 0 Å². The molecule has 1 aromatic heterocycles. The third-order valence-electron chi connectivity index (χ3n) is 6.68. The summed E-state index contributed by atoms with van der Waals surface area (Å²) in [7, 11) is 0. The molecular formula is C31H44N6O7S. The summed E-state index contributed by atoms with van der Waals surface area (Å²) in [4.78, 5) is 60.3. The number of nitrogens with zero attached hydrogens (tertiary/aromatic N) is 3. The molecular weight excluding hydrogens is 600 g/mol. The highest BCUT2D eigenvalue weighted by Gasteiger charge is 2.36. The molecule has 1 fully saturated rings. The Morgan fingerprint density at radius 1 is 1.00 bits per heavy atom. The monoisotopic (exact) mass is 644 g/mol. The normalized spacial score (nSPS) is 16.9. The summed E-state index contributed by atoms with van der Waals surface area (Å²) in [6.07, 6.45) is 0.277. The van der Waals surface area contributed by atoms with Crippen molar-refractivity contribution in [2.45, 2.75) is 98.4 Å². The maximum Gasteiger partial charge on any atom is 0.414 e. The minimum atomic E-state index is -0.784. The molecule has 2 aromatic rings. The molecule has 13 nitrogen and oxygen atoms in total. The van der Waals surface area contributed by atoms with E-state index < -0.39 is 35.3 Å². The highest BCUT2D eigenvalue weighted by atomic mass is 32.1. The number of hydrogen-bond acceptors (Lipinski definition) is 10. The van der Waals surface area contributed by atoms with Crippen molar-refractivity contribution < 1.29 is 33.8 Å². The molecule has 0 aliphatic carbocycles. The summed E-state index contributed by atoms with van der Waals surface area (Å²) in [5, 5.41) is 17.7. The van der Waals surface area contributed by atoms with Crippen molar-refractivity contribution in [1.29, 1.82) is 0 Å². The van der Waals surface area contributed by atoms with Crippen LogP contribution in [0.25, 0.3) is 0 Å². The van der Waals surface area contributed by atoms with Crippen molar-refractivity contribution >= 4 is 52.2 Å². The lowest BCUT2D eigenvalue weighted by atomic mass is 10.0. The lowest BCUT2D eigenvalue weighted by Gasteiger charge is -2.22. The topological polar surface area (TPSA) is 172 Å². The predicted molar refractivity (Wildman–Crippen MR) is 172 cm³/mol. The smallest absolute Gasteiger partial charge is 0.414 e. The fourth-order valence-corrected chi connectivity index (χ4v) is 5.74. The van der Waals surface area contributed by atoms with Crippen molar-refractivity contribution in [1.82, 2.24) is 20.5 Å². The first kappa shape index (κ1) is 35.4. The number of aryl methyl sites for hydroxylation is 2. The Labute approximate surface area is 267 Å². The molecule has 3 rings (SSSR count). The van der Waals surface area contributed by atoms with Gasteiger partial charge in [0.05, 0.1) is 17.3 Å². The predicted octanol–water partition coefficient (Wildman–Crippen LogP) is 5.22. The first-order valence-electron chi connectivity index (χ1n) is 14.8. The number of carbonyl (C=O) groups is 4. The van der Waals surface area contributed by atoms with E-state index >= 15 is 0 Å². The van der Waals surface area contributed by atoms with E-state index in [0.29, 0.717) is 43.2 Å². The standard InChI is InChI=1S/C31H44N6O7S/c1-18-22(25(39)40)15-16-37(18)17-24-23(34-27(45-24)32-19(2)38)14-11-20-9-12-21(13-10-20)33-26(35-28(41)43-30(3,4)5)36-29(42)44-31(6,7)8/h9-10,12-13,18,22H,11,14-17H2,1-8H3,(H,39,40)(H,32,34,38)(H2,33,35,36,41,42)/t18?,22-/m0/s1. The first-order chi connectivity index (χ1) is 20.9. The summed E-state index contributed by atoms with van der Waals surface area (Å²) >= 11 is 1.41. The molecule has 2 atom stereocenters. The molecule has 45 heavy (non-hydrogen) atoms. The Morgan fingerprint density at radius 2 is 1.58 bits per heavy atom. The summed E-state index contributed by atoms with van der Waals surface area (Å²) in [5.74, 6) is -1.54. The number of anilines is 1.